The maximum absolute atomic E-state index is 13.3. The number of likely N-dealkylation sites (N-methyl/N-ethyl adjacent to an activating group) is 1. The van der Waals surface area contributed by atoms with Crippen molar-refractivity contribution < 1.29 is 23.9 Å². The highest BCUT2D eigenvalue weighted by Gasteiger charge is 2.30. The van der Waals surface area contributed by atoms with Crippen LogP contribution in [0, 0.1) is 5.92 Å². The Kier molecular flexibility index (Phi) is 9.52. The number of amides is 4. The quantitative estimate of drug-likeness (QED) is 0.717. The molecule has 184 valence electrons. The van der Waals surface area contributed by atoms with Crippen LogP contribution in [0.25, 0.3) is 0 Å². The summed E-state index contributed by atoms with van der Waals surface area (Å²) in [5.74, 6) is 0.224. The van der Waals surface area contributed by atoms with Gasteiger partial charge in [0.2, 0.25) is 5.91 Å². The van der Waals surface area contributed by atoms with E-state index in [0.29, 0.717) is 36.5 Å². The monoisotopic (exact) mass is 462 g/mol. The predicted octanol–water partition coefficient (Wildman–Crippen LogP) is 2.96. The van der Waals surface area contributed by atoms with Crippen molar-refractivity contribution >= 4 is 23.5 Å². The lowest BCUT2D eigenvalue weighted by Gasteiger charge is -2.36. The predicted molar refractivity (Wildman–Crippen MR) is 128 cm³/mol. The second-order valence-corrected chi connectivity index (χ2v) is 8.96. The van der Waals surface area contributed by atoms with Crippen molar-refractivity contribution in [3.63, 3.8) is 0 Å². The van der Waals surface area contributed by atoms with Crippen molar-refractivity contribution in [2.45, 2.75) is 59.2 Å². The first-order chi connectivity index (χ1) is 15.6. The van der Waals surface area contributed by atoms with Crippen LogP contribution in [0.4, 0.5) is 10.5 Å². The van der Waals surface area contributed by atoms with Crippen LogP contribution in [0.5, 0.6) is 5.75 Å². The highest BCUT2D eigenvalue weighted by Crippen LogP contribution is 2.26. The van der Waals surface area contributed by atoms with Gasteiger partial charge in [-0.05, 0) is 39.0 Å². The molecule has 2 N–H and O–H groups in total. The number of hydrogen-bond donors (Lipinski definition) is 2. The summed E-state index contributed by atoms with van der Waals surface area (Å²) < 4.78 is 11.7. The molecule has 1 aromatic carbocycles. The van der Waals surface area contributed by atoms with Gasteiger partial charge in [0.1, 0.15) is 12.4 Å². The third-order valence-electron chi connectivity index (χ3n) is 5.75. The van der Waals surface area contributed by atoms with Gasteiger partial charge in [-0.2, -0.15) is 0 Å². The lowest BCUT2D eigenvalue weighted by molar-refractivity contribution is -0.135. The highest BCUT2D eigenvalue weighted by atomic mass is 16.5. The van der Waals surface area contributed by atoms with Crippen LogP contribution in [-0.4, -0.2) is 79.7 Å². The molecule has 4 amide bonds. The number of anilines is 1. The van der Waals surface area contributed by atoms with Gasteiger partial charge in [0.25, 0.3) is 5.91 Å². The van der Waals surface area contributed by atoms with Crippen LogP contribution in [0.2, 0.25) is 0 Å². The number of benzene rings is 1. The normalized spacial score (nSPS) is 22.1. The fraction of sp³-hybridized carbons (Fsp3) is 0.625. The first kappa shape index (κ1) is 26.4. The molecule has 0 spiro atoms. The minimum Gasteiger partial charge on any atom is -0.491 e. The summed E-state index contributed by atoms with van der Waals surface area (Å²) in [6.07, 6.45) is 0.150. The molecule has 1 aliphatic heterocycles. The van der Waals surface area contributed by atoms with Gasteiger partial charge in [0.15, 0.2) is 0 Å². The third kappa shape index (κ3) is 7.08. The molecule has 0 radical (unpaired) electrons. The highest BCUT2D eigenvalue weighted by molar-refractivity contribution is 5.99. The number of carbonyl (C=O) groups excluding carboxylic acids is 3. The number of nitrogens with one attached hydrogen (secondary N) is 2. The number of rotatable bonds is 4. The Labute approximate surface area is 196 Å². The van der Waals surface area contributed by atoms with Crippen molar-refractivity contribution in [3.05, 3.63) is 23.8 Å². The fourth-order valence-corrected chi connectivity index (χ4v) is 3.83. The van der Waals surface area contributed by atoms with E-state index in [-0.39, 0.29) is 48.6 Å². The zero-order chi connectivity index (χ0) is 24.7. The topological polar surface area (TPSA) is 100 Å². The molecular weight excluding hydrogens is 424 g/mol. The number of nitrogens with zero attached hydrogens (tertiary/aromatic N) is 2. The zero-order valence-electron chi connectivity index (χ0n) is 20.8. The lowest BCUT2D eigenvalue weighted by atomic mass is 10.0. The summed E-state index contributed by atoms with van der Waals surface area (Å²) >= 11 is 0. The first-order valence-corrected chi connectivity index (χ1v) is 11.5. The molecule has 33 heavy (non-hydrogen) atoms. The van der Waals surface area contributed by atoms with Gasteiger partial charge in [-0.15, -0.1) is 0 Å². The van der Waals surface area contributed by atoms with Gasteiger partial charge < -0.3 is 29.9 Å². The smallest absolute Gasteiger partial charge is 0.319 e. The van der Waals surface area contributed by atoms with E-state index >= 15 is 0 Å². The molecule has 1 aromatic rings. The van der Waals surface area contributed by atoms with Crippen LogP contribution in [0.15, 0.2) is 18.2 Å². The molecule has 0 saturated carbocycles. The van der Waals surface area contributed by atoms with Crippen molar-refractivity contribution in [2.24, 2.45) is 5.92 Å². The number of carbonyl (C=O) groups is 3. The van der Waals surface area contributed by atoms with Crippen LogP contribution in [0.3, 0.4) is 0 Å². The molecule has 1 aliphatic rings. The Morgan fingerprint density at radius 2 is 1.94 bits per heavy atom. The van der Waals surface area contributed by atoms with E-state index in [1.807, 2.05) is 39.5 Å². The van der Waals surface area contributed by atoms with E-state index < -0.39 is 0 Å². The van der Waals surface area contributed by atoms with E-state index in [0.717, 1.165) is 0 Å². The van der Waals surface area contributed by atoms with E-state index in [2.05, 4.69) is 10.6 Å². The van der Waals surface area contributed by atoms with E-state index in [1.165, 1.54) is 0 Å². The van der Waals surface area contributed by atoms with Crippen molar-refractivity contribution in [1.82, 2.24) is 15.1 Å². The van der Waals surface area contributed by atoms with Crippen LogP contribution in [-0.2, 0) is 9.53 Å². The minimum absolute atomic E-state index is 0.00910. The molecule has 0 aromatic heterocycles. The van der Waals surface area contributed by atoms with Crippen molar-refractivity contribution in [1.29, 1.82) is 0 Å². The van der Waals surface area contributed by atoms with Crippen LogP contribution < -0.4 is 15.4 Å². The first-order valence-electron chi connectivity index (χ1n) is 11.5. The Balaban J connectivity index is 2.41. The molecule has 0 aliphatic carbocycles. The maximum atomic E-state index is 13.3. The van der Waals surface area contributed by atoms with E-state index in [4.69, 9.17) is 9.47 Å². The fourth-order valence-electron chi connectivity index (χ4n) is 3.83. The third-order valence-corrected chi connectivity index (χ3v) is 5.75. The Morgan fingerprint density at radius 1 is 1.24 bits per heavy atom. The number of methoxy groups -OCH3 is 1. The average Bonchev–Trinajstić information content (AvgIpc) is 2.77. The molecule has 9 nitrogen and oxygen atoms in total. The largest absolute Gasteiger partial charge is 0.491 e. The average molecular weight is 463 g/mol. The van der Waals surface area contributed by atoms with Gasteiger partial charge in [-0.25, -0.2) is 4.79 Å². The van der Waals surface area contributed by atoms with Gasteiger partial charge >= 0.3 is 6.03 Å². The molecule has 3 atom stereocenters. The number of fused-ring (bicyclic) bond motifs is 1. The van der Waals surface area contributed by atoms with Crippen molar-refractivity contribution in [2.75, 3.05) is 39.2 Å². The molecule has 0 bridgehead atoms. The zero-order valence-corrected chi connectivity index (χ0v) is 20.8. The minimum atomic E-state index is -0.351. The van der Waals surface area contributed by atoms with Crippen molar-refractivity contribution in [3.8, 4) is 5.75 Å². The molecule has 2 rings (SSSR count). The summed E-state index contributed by atoms with van der Waals surface area (Å²) in [6, 6.07) is 4.42. The maximum Gasteiger partial charge on any atom is 0.319 e. The molecular formula is C24H38N4O5. The molecule has 1 heterocycles. The second-order valence-electron chi connectivity index (χ2n) is 8.96. The molecule has 0 saturated heterocycles. The second kappa shape index (κ2) is 11.9. The van der Waals surface area contributed by atoms with Gasteiger partial charge in [-0.1, -0.05) is 13.8 Å². The SMILES string of the molecule is CCC(=O)N1C[C@H](C)[C@H](OC)CN(C)C(=O)c2cc(NC(=O)NC(C)C)ccc2OC[C@@H]1C. The van der Waals surface area contributed by atoms with Crippen LogP contribution >= 0.6 is 0 Å². The van der Waals surface area contributed by atoms with Crippen LogP contribution in [0.1, 0.15) is 51.4 Å². The Bertz CT molecular complexity index is 844. The van der Waals surface area contributed by atoms with Gasteiger partial charge in [-0.3, -0.25) is 9.59 Å². The molecule has 9 heteroatoms. The Morgan fingerprint density at radius 3 is 2.55 bits per heavy atom. The summed E-state index contributed by atoms with van der Waals surface area (Å²) in [6.45, 7) is 10.6. The standard InChI is InChI=1S/C24H38N4O5/c1-8-22(29)28-12-16(4)21(32-7)13-27(6)23(30)19-11-18(26-24(31)25-15(2)3)9-10-20(19)33-14-17(28)5/h9-11,15-17,21H,8,12-14H2,1-7H3,(H2,25,26,31)/t16-,17-,21+/m0/s1. The Hall–Kier alpha value is -2.81. The summed E-state index contributed by atoms with van der Waals surface area (Å²) in [4.78, 5) is 41.5. The summed E-state index contributed by atoms with van der Waals surface area (Å²) in [5.41, 5.74) is 0.820. The number of ether oxygens (including phenoxy) is 2. The lowest BCUT2D eigenvalue weighted by Crippen LogP contribution is -2.48. The van der Waals surface area contributed by atoms with E-state index in [9.17, 15) is 14.4 Å². The summed E-state index contributed by atoms with van der Waals surface area (Å²) in [5, 5.41) is 5.52. The molecule has 0 fully saturated rings. The van der Waals surface area contributed by atoms with Gasteiger partial charge in [0, 0.05) is 51.3 Å². The number of hydrogen-bond acceptors (Lipinski definition) is 5. The number of urea groups is 1. The van der Waals surface area contributed by atoms with E-state index in [1.54, 1.807) is 37.3 Å². The summed E-state index contributed by atoms with van der Waals surface area (Å²) in [7, 11) is 3.33. The molecule has 0 unspecified atom stereocenters. The van der Waals surface area contributed by atoms with Gasteiger partial charge in [0.05, 0.1) is 17.7 Å².